The predicted octanol–water partition coefficient (Wildman–Crippen LogP) is 1.59. The first kappa shape index (κ1) is 11.6. The number of hydrogen-bond acceptors (Lipinski definition) is 3. The van der Waals surface area contributed by atoms with Crippen molar-refractivity contribution in [1.29, 1.82) is 0 Å². The van der Waals surface area contributed by atoms with Gasteiger partial charge in [0.05, 0.1) is 17.7 Å². The third-order valence-corrected chi connectivity index (χ3v) is 3.12. The highest BCUT2D eigenvalue weighted by Crippen LogP contribution is 2.17. The number of carbonyl (C=O) groups is 1. The molecule has 16 heavy (non-hydrogen) atoms. The van der Waals surface area contributed by atoms with Crippen LogP contribution < -0.4 is 0 Å². The van der Waals surface area contributed by atoms with Crippen LogP contribution in [0.4, 0.5) is 0 Å². The molecule has 4 heteroatoms. The second-order valence-corrected chi connectivity index (χ2v) is 4.49. The molecule has 1 N–H and O–H groups in total. The topological polar surface area (TPSA) is 40.5 Å². The molecule has 1 aromatic rings. The molecule has 86 valence electrons. The molecule has 3 nitrogen and oxygen atoms in total. The Hall–Kier alpha value is -0.900. The molecule has 0 aromatic heterocycles. The smallest absolute Gasteiger partial charge is 0.178 e. The third-order valence-electron chi connectivity index (χ3n) is 2.79. The summed E-state index contributed by atoms with van der Waals surface area (Å²) in [6.45, 7) is 1.69. The summed E-state index contributed by atoms with van der Waals surface area (Å²) in [5.74, 6) is 0.0136. The van der Waals surface area contributed by atoms with Crippen LogP contribution in [0, 0.1) is 0 Å². The van der Waals surface area contributed by atoms with E-state index >= 15 is 0 Å². The van der Waals surface area contributed by atoms with Crippen molar-refractivity contribution in [1.82, 2.24) is 4.90 Å². The average molecular weight is 240 g/mol. The van der Waals surface area contributed by atoms with Crippen molar-refractivity contribution < 1.29 is 9.90 Å². The van der Waals surface area contributed by atoms with Gasteiger partial charge in [-0.25, -0.2) is 0 Å². The fourth-order valence-corrected chi connectivity index (χ4v) is 2.17. The fourth-order valence-electron chi connectivity index (χ4n) is 1.93. The van der Waals surface area contributed by atoms with Crippen LogP contribution in [0.15, 0.2) is 24.3 Å². The van der Waals surface area contributed by atoms with Gasteiger partial charge in [0.2, 0.25) is 0 Å². The molecule has 1 aromatic carbocycles. The van der Waals surface area contributed by atoms with E-state index in [0.717, 1.165) is 13.0 Å². The molecule has 1 aliphatic heterocycles. The lowest BCUT2D eigenvalue weighted by Crippen LogP contribution is -2.28. The van der Waals surface area contributed by atoms with E-state index in [-0.39, 0.29) is 11.9 Å². The first-order chi connectivity index (χ1) is 7.66. The highest BCUT2D eigenvalue weighted by Gasteiger charge is 2.22. The van der Waals surface area contributed by atoms with E-state index in [1.165, 1.54) is 0 Å². The monoisotopic (exact) mass is 239 g/mol. The Morgan fingerprint density at radius 3 is 2.88 bits per heavy atom. The highest BCUT2D eigenvalue weighted by atomic mass is 35.5. The number of β-amino-alcohol motifs (C(OH)–C–C–N with tert-alkyl or cyclic N) is 1. The van der Waals surface area contributed by atoms with Gasteiger partial charge in [0.25, 0.3) is 0 Å². The number of Topliss-reactive ketones (excluding diaryl/α,β-unsaturated/α-hetero) is 1. The Morgan fingerprint density at radius 2 is 2.25 bits per heavy atom. The molecule has 0 bridgehead atoms. The van der Waals surface area contributed by atoms with Gasteiger partial charge in [-0.15, -0.1) is 0 Å². The van der Waals surface area contributed by atoms with Crippen molar-refractivity contribution in [2.24, 2.45) is 0 Å². The van der Waals surface area contributed by atoms with E-state index in [2.05, 4.69) is 0 Å². The van der Waals surface area contributed by atoms with Gasteiger partial charge in [0.1, 0.15) is 0 Å². The molecule has 1 aliphatic rings. The number of carbonyl (C=O) groups excluding carboxylic acids is 1. The van der Waals surface area contributed by atoms with Crippen molar-refractivity contribution in [3.8, 4) is 0 Å². The Kier molecular flexibility index (Phi) is 3.59. The van der Waals surface area contributed by atoms with E-state index < -0.39 is 0 Å². The van der Waals surface area contributed by atoms with Crippen LogP contribution in [-0.4, -0.2) is 41.5 Å². The van der Waals surface area contributed by atoms with Gasteiger partial charge >= 0.3 is 0 Å². The lowest BCUT2D eigenvalue weighted by atomic mass is 10.1. The maximum atomic E-state index is 11.9. The molecule has 1 saturated heterocycles. The van der Waals surface area contributed by atoms with Crippen LogP contribution >= 0.6 is 11.6 Å². The molecule has 0 saturated carbocycles. The Bertz CT molecular complexity index is 394. The summed E-state index contributed by atoms with van der Waals surface area (Å²) in [5, 5.41) is 9.85. The van der Waals surface area contributed by atoms with Gasteiger partial charge in [-0.1, -0.05) is 23.7 Å². The predicted molar refractivity (Wildman–Crippen MR) is 62.8 cm³/mol. The minimum absolute atomic E-state index is 0.0136. The summed E-state index contributed by atoms with van der Waals surface area (Å²) in [5.41, 5.74) is 0.561. The average Bonchev–Trinajstić information content (AvgIpc) is 2.64. The summed E-state index contributed by atoms with van der Waals surface area (Å²) in [4.78, 5) is 13.9. The zero-order valence-electron chi connectivity index (χ0n) is 8.90. The van der Waals surface area contributed by atoms with Crippen molar-refractivity contribution in [2.75, 3.05) is 19.6 Å². The SMILES string of the molecule is O=C(CN1CCC(O)C1)c1ccccc1Cl. The maximum Gasteiger partial charge on any atom is 0.178 e. The summed E-state index contributed by atoms with van der Waals surface area (Å²) in [7, 11) is 0. The quantitative estimate of drug-likeness (QED) is 0.815. The fraction of sp³-hybridized carbons (Fsp3) is 0.417. The minimum Gasteiger partial charge on any atom is -0.392 e. The molecule has 0 amide bonds. The summed E-state index contributed by atoms with van der Waals surface area (Å²) in [6, 6.07) is 7.06. The molecule has 2 rings (SSSR count). The van der Waals surface area contributed by atoms with Crippen LogP contribution in [0.25, 0.3) is 0 Å². The van der Waals surface area contributed by atoms with Gasteiger partial charge in [-0.3, -0.25) is 9.69 Å². The molecule has 0 spiro atoms. The van der Waals surface area contributed by atoms with Crippen LogP contribution in [0.3, 0.4) is 0 Å². The summed E-state index contributed by atoms with van der Waals surface area (Å²) < 4.78 is 0. The van der Waals surface area contributed by atoms with Crippen molar-refractivity contribution in [2.45, 2.75) is 12.5 Å². The van der Waals surface area contributed by atoms with E-state index in [1.807, 2.05) is 4.90 Å². The number of aliphatic hydroxyl groups is 1. The van der Waals surface area contributed by atoms with Crippen molar-refractivity contribution in [3.63, 3.8) is 0 Å². The first-order valence-electron chi connectivity index (χ1n) is 5.35. The van der Waals surface area contributed by atoms with Crippen LogP contribution in [0.1, 0.15) is 16.8 Å². The number of ketones is 1. The summed E-state index contributed by atoms with van der Waals surface area (Å²) in [6.07, 6.45) is 0.453. The van der Waals surface area contributed by atoms with Gasteiger partial charge in [-0.05, 0) is 18.6 Å². The molecule has 0 radical (unpaired) electrons. The molecule has 1 fully saturated rings. The van der Waals surface area contributed by atoms with Crippen molar-refractivity contribution >= 4 is 17.4 Å². The highest BCUT2D eigenvalue weighted by molar-refractivity contribution is 6.34. The second-order valence-electron chi connectivity index (χ2n) is 4.08. The molecule has 0 aliphatic carbocycles. The maximum absolute atomic E-state index is 11.9. The molecular formula is C12H14ClNO2. The van der Waals surface area contributed by atoms with Crippen LogP contribution in [0.2, 0.25) is 5.02 Å². The number of nitrogens with zero attached hydrogens (tertiary/aromatic N) is 1. The first-order valence-corrected chi connectivity index (χ1v) is 5.73. The number of aliphatic hydroxyl groups excluding tert-OH is 1. The number of benzene rings is 1. The van der Waals surface area contributed by atoms with Gasteiger partial charge < -0.3 is 5.11 Å². The Labute approximate surface area is 99.6 Å². The largest absolute Gasteiger partial charge is 0.392 e. The normalized spacial score (nSPS) is 21.2. The van der Waals surface area contributed by atoms with E-state index in [9.17, 15) is 9.90 Å². The van der Waals surface area contributed by atoms with E-state index in [1.54, 1.807) is 24.3 Å². The van der Waals surface area contributed by atoms with Gasteiger partial charge in [-0.2, -0.15) is 0 Å². The number of likely N-dealkylation sites (tertiary alicyclic amines) is 1. The zero-order valence-corrected chi connectivity index (χ0v) is 9.65. The lowest BCUT2D eigenvalue weighted by molar-refractivity contribution is 0.0935. The molecular weight excluding hydrogens is 226 g/mol. The van der Waals surface area contributed by atoms with E-state index in [0.29, 0.717) is 23.7 Å². The zero-order chi connectivity index (χ0) is 11.5. The number of halogens is 1. The van der Waals surface area contributed by atoms with E-state index in [4.69, 9.17) is 11.6 Å². The van der Waals surface area contributed by atoms with Crippen LogP contribution in [0.5, 0.6) is 0 Å². The molecule has 1 atom stereocenters. The lowest BCUT2D eigenvalue weighted by Gasteiger charge is -2.13. The third kappa shape index (κ3) is 2.61. The Balaban J connectivity index is 2.01. The molecule has 1 unspecified atom stereocenters. The molecule has 1 heterocycles. The number of hydrogen-bond donors (Lipinski definition) is 1. The second kappa shape index (κ2) is 4.95. The minimum atomic E-state index is -0.293. The van der Waals surface area contributed by atoms with Crippen LogP contribution in [-0.2, 0) is 0 Å². The van der Waals surface area contributed by atoms with Crippen molar-refractivity contribution in [3.05, 3.63) is 34.9 Å². The van der Waals surface area contributed by atoms with Gasteiger partial charge in [0.15, 0.2) is 5.78 Å². The standard InChI is InChI=1S/C12H14ClNO2/c13-11-4-2-1-3-10(11)12(16)8-14-6-5-9(15)7-14/h1-4,9,15H,5-8H2. The van der Waals surface area contributed by atoms with Gasteiger partial charge in [0, 0.05) is 18.7 Å². The number of rotatable bonds is 3. The Morgan fingerprint density at radius 1 is 1.50 bits per heavy atom. The summed E-state index contributed by atoms with van der Waals surface area (Å²) >= 11 is 5.94.